The number of rotatable bonds is 4. The summed E-state index contributed by atoms with van der Waals surface area (Å²) in [6, 6.07) is 11.2. The lowest BCUT2D eigenvalue weighted by molar-refractivity contribution is -0.146. The summed E-state index contributed by atoms with van der Waals surface area (Å²) in [7, 11) is 3.30. The van der Waals surface area contributed by atoms with Crippen molar-refractivity contribution in [1.29, 1.82) is 0 Å². The van der Waals surface area contributed by atoms with E-state index >= 15 is 0 Å². The van der Waals surface area contributed by atoms with Crippen LogP contribution in [0.3, 0.4) is 0 Å². The number of aliphatic imine (C=N–C) groups is 1. The number of nitrogens with one attached hydrogen (secondary N) is 1. The average Bonchev–Trinajstić information content (AvgIpc) is 3.37. The molecular weight excluding hydrogens is 429 g/mol. The van der Waals surface area contributed by atoms with Gasteiger partial charge in [0, 0.05) is 26.2 Å². The van der Waals surface area contributed by atoms with Gasteiger partial charge in [0.05, 0.1) is 13.0 Å². The van der Waals surface area contributed by atoms with Gasteiger partial charge in [0.15, 0.2) is 5.96 Å². The smallest absolute Gasteiger partial charge is 0.308 e. The summed E-state index contributed by atoms with van der Waals surface area (Å²) >= 11 is 0. The van der Waals surface area contributed by atoms with Crippen molar-refractivity contribution in [3.63, 3.8) is 0 Å². The Bertz CT molecular complexity index is 586. The minimum atomic E-state index is -0.0808. The lowest BCUT2D eigenvalue weighted by Gasteiger charge is -2.33. The van der Waals surface area contributed by atoms with Crippen LogP contribution in [0, 0.1) is 11.8 Å². The Morgan fingerprint density at radius 2 is 1.96 bits per heavy atom. The number of carbonyl (C=O) groups excluding carboxylic acids is 1. The summed E-state index contributed by atoms with van der Waals surface area (Å²) in [6.07, 6.45) is 4.00. The number of guanidine groups is 1. The Labute approximate surface area is 167 Å². The molecule has 5 nitrogen and oxygen atoms in total. The molecule has 1 saturated heterocycles. The maximum Gasteiger partial charge on any atom is 0.308 e. The van der Waals surface area contributed by atoms with E-state index in [4.69, 9.17) is 4.74 Å². The monoisotopic (exact) mass is 457 g/mol. The van der Waals surface area contributed by atoms with Crippen molar-refractivity contribution in [2.45, 2.75) is 31.7 Å². The van der Waals surface area contributed by atoms with E-state index in [0.29, 0.717) is 12.0 Å². The molecule has 1 N–H and O–H groups in total. The summed E-state index contributed by atoms with van der Waals surface area (Å²) in [5.41, 5.74) is 1.40. The lowest BCUT2D eigenvalue weighted by atomic mass is 9.97. The second kappa shape index (κ2) is 9.40. The summed E-state index contributed by atoms with van der Waals surface area (Å²) < 4.78 is 4.85. The van der Waals surface area contributed by atoms with Gasteiger partial charge in [-0.3, -0.25) is 9.79 Å². The fourth-order valence-corrected chi connectivity index (χ4v) is 3.52. The molecular formula is C19H28IN3O2. The van der Waals surface area contributed by atoms with E-state index in [-0.39, 0.29) is 35.9 Å². The van der Waals surface area contributed by atoms with Gasteiger partial charge in [-0.15, -0.1) is 24.0 Å². The number of benzene rings is 1. The third-order valence-corrected chi connectivity index (χ3v) is 5.12. The van der Waals surface area contributed by atoms with Crippen molar-refractivity contribution in [1.82, 2.24) is 10.2 Å². The van der Waals surface area contributed by atoms with Gasteiger partial charge < -0.3 is 15.0 Å². The third-order valence-electron chi connectivity index (χ3n) is 5.12. The second-order valence-electron chi connectivity index (χ2n) is 6.77. The Balaban J connectivity index is 0.00000225. The third kappa shape index (κ3) is 5.33. The first kappa shape index (κ1) is 20.0. The number of piperidine rings is 1. The molecule has 2 fully saturated rings. The zero-order valence-corrected chi connectivity index (χ0v) is 17.3. The highest BCUT2D eigenvalue weighted by atomic mass is 127. The Kier molecular flexibility index (Phi) is 7.53. The number of esters is 1. The maximum atomic E-state index is 11.6. The standard InChI is InChI=1S/C19H27N3O2.HI/c1-20-19(22-10-8-15(9-11-22)18(23)24-2)21-17-13-16(17)12-14-6-4-3-5-7-14;/h3-7,15-17H,8-13H2,1-2H3,(H,20,21);1H. The molecule has 138 valence electrons. The van der Waals surface area contributed by atoms with E-state index in [1.54, 1.807) is 0 Å². The van der Waals surface area contributed by atoms with E-state index in [0.717, 1.165) is 38.3 Å². The minimum Gasteiger partial charge on any atom is -0.469 e. The van der Waals surface area contributed by atoms with Crippen LogP contribution in [0.15, 0.2) is 35.3 Å². The molecule has 0 spiro atoms. The molecule has 0 bridgehead atoms. The van der Waals surface area contributed by atoms with Crippen LogP contribution in [0.25, 0.3) is 0 Å². The summed E-state index contributed by atoms with van der Waals surface area (Å²) in [6.45, 7) is 1.71. The van der Waals surface area contributed by atoms with Gasteiger partial charge in [-0.25, -0.2) is 0 Å². The predicted molar refractivity (Wildman–Crippen MR) is 110 cm³/mol. The number of carbonyl (C=O) groups is 1. The largest absolute Gasteiger partial charge is 0.469 e. The molecule has 2 atom stereocenters. The van der Waals surface area contributed by atoms with Crippen LogP contribution in [-0.4, -0.2) is 50.1 Å². The zero-order valence-electron chi connectivity index (χ0n) is 15.0. The van der Waals surface area contributed by atoms with Crippen molar-refractivity contribution < 1.29 is 9.53 Å². The van der Waals surface area contributed by atoms with Crippen LogP contribution >= 0.6 is 24.0 Å². The van der Waals surface area contributed by atoms with Crippen LogP contribution < -0.4 is 5.32 Å². The molecule has 1 aromatic carbocycles. The first-order valence-corrected chi connectivity index (χ1v) is 8.81. The van der Waals surface area contributed by atoms with Crippen molar-refractivity contribution in [3.8, 4) is 0 Å². The topological polar surface area (TPSA) is 53.9 Å². The molecule has 1 aliphatic heterocycles. The van der Waals surface area contributed by atoms with Gasteiger partial charge in [0.25, 0.3) is 0 Å². The Hall–Kier alpha value is -1.31. The number of likely N-dealkylation sites (tertiary alicyclic amines) is 1. The van der Waals surface area contributed by atoms with Crippen molar-refractivity contribution in [2.75, 3.05) is 27.2 Å². The van der Waals surface area contributed by atoms with E-state index in [1.165, 1.54) is 19.1 Å². The molecule has 1 aromatic rings. The Morgan fingerprint density at radius 1 is 1.28 bits per heavy atom. The van der Waals surface area contributed by atoms with Gasteiger partial charge in [-0.05, 0) is 37.2 Å². The first-order valence-electron chi connectivity index (χ1n) is 8.81. The van der Waals surface area contributed by atoms with Crippen molar-refractivity contribution >= 4 is 35.9 Å². The molecule has 0 radical (unpaired) electrons. The molecule has 1 aliphatic carbocycles. The highest BCUT2D eigenvalue weighted by molar-refractivity contribution is 14.0. The van der Waals surface area contributed by atoms with E-state index in [1.807, 2.05) is 7.05 Å². The number of hydrogen-bond acceptors (Lipinski definition) is 3. The van der Waals surface area contributed by atoms with Crippen LogP contribution in [-0.2, 0) is 16.0 Å². The predicted octanol–water partition coefficient (Wildman–Crippen LogP) is 2.70. The van der Waals surface area contributed by atoms with E-state index in [9.17, 15) is 4.79 Å². The molecule has 25 heavy (non-hydrogen) atoms. The number of ether oxygens (including phenoxy) is 1. The SMILES string of the molecule is CN=C(NC1CC1Cc1ccccc1)N1CCC(C(=O)OC)CC1.I. The number of nitrogens with zero attached hydrogens (tertiary/aromatic N) is 2. The van der Waals surface area contributed by atoms with Gasteiger partial charge in [0.2, 0.25) is 0 Å². The summed E-state index contributed by atoms with van der Waals surface area (Å²) in [5, 5.41) is 3.60. The molecule has 3 rings (SSSR count). The van der Waals surface area contributed by atoms with Gasteiger partial charge in [0.1, 0.15) is 0 Å². The summed E-state index contributed by atoms with van der Waals surface area (Å²) in [5.74, 6) is 1.62. The highest BCUT2D eigenvalue weighted by Crippen LogP contribution is 2.34. The average molecular weight is 457 g/mol. The molecule has 2 aliphatic rings. The fourth-order valence-electron chi connectivity index (χ4n) is 3.52. The number of hydrogen-bond donors (Lipinski definition) is 1. The van der Waals surface area contributed by atoms with E-state index < -0.39 is 0 Å². The van der Waals surface area contributed by atoms with Gasteiger partial charge in [-0.1, -0.05) is 30.3 Å². The molecule has 1 saturated carbocycles. The molecule has 0 amide bonds. The fraction of sp³-hybridized carbons (Fsp3) is 0.579. The molecule has 6 heteroatoms. The quantitative estimate of drug-likeness (QED) is 0.327. The molecule has 2 unspecified atom stereocenters. The molecule has 0 aromatic heterocycles. The Morgan fingerprint density at radius 3 is 2.56 bits per heavy atom. The van der Waals surface area contributed by atoms with E-state index in [2.05, 4.69) is 45.5 Å². The lowest BCUT2D eigenvalue weighted by Crippen LogP contribution is -2.47. The van der Waals surface area contributed by atoms with Crippen LogP contribution in [0.4, 0.5) is 0 Å². The van der Waals surface area contributed by atoms with Crippen molar-refractivity contribution in [3.05, 3.63) is 35.9 Å². The number of halogens is 1. The zero-order chi connectivity index (χ0) is 16.9. The first-order chi connectivity index (χ1) is 11.7. The van der Waals surface area contributed by atoms with Crippen LogP contribution in [0.2, 0.25) is 0 Å². The molecule has 1 heterocycles. The maximum absolute atomic E-state index is 11.6. The van der Waals surface area contributed by atoms with Crippen molar-refractivity contribution in [2.24, 2.45) is 16.8 Å². The summed E-state index contributed by atoms with van der Waals surface area (Å²) in [4.78, 5) is 18.3. The minimum absolute atomic E-state index is 0. The van der Waals surface area contributed by atoms with Gasteiger partial charge >= 0.3 is 5.97 Å². The van der Waals surface area contributed by atoms with Crippen LogP contribution in [0.1, 0.15) is 24.8 Å². The van der Waals surface area contributed by atoms with Crippen LogP contribution in [0.5, 0.6) is 0 Å². The van der Waals surface area contributed by atoms with Gasteiger partial charge in [-0.2, -0.15) is 0 Å². The number of methoxy groups -OCH3 is 1. The second-order valence-corrected chi connectivity index (χ2v) is 6.77. The highest BCUT2D eigenvalue weighted by Gasteiger charge is 2.38. The normalized spacial score (nSPS) is 23.6.